The Bertz CT molecular complexity index is 442. The van der Waals surface area contributed by atoms with E-state index in [0.29, 0.717) is 5.92 Å². The molecule has 0 amide bonds. The van der Waals surface area contributed by atoms with Crippen LogP contribution in [0.15, 0.2) is 4.79 Å². The number of anilines is 1. The van der Waals surface area contributed by atoms with Crippen LogP contribution in [0.25, 0.3) is 0 Å². The van der Waals surface area contributed by atoms with Crippen molar-refractivity contribution < 1.29 is 0 Å². The van der Waals surface area contributed by atoms with E-state index in [1.807, 2.05) is 11.8 Å². The van der Waals surface area contributed by atoms with Crippen LogP contribution < -0.4 is 10.9 Å². The average molecular weight is 253 g/mol. The second-order valence-corrected chi connectivity index (χ2v) is 5.81. The van der Waals surface area contributed by atoms with Gasteiger partial charge in [-0.2, -0.15) is 11.8 Å². The molecule has 1 aliphatic rings. The fourth-order valence-electron chi connectivity index (χ4n) is 1.85. The van der Waals surface area contributed by atoms with Crippen LogP contribution in [0.2, 0.25) is 0 Å². The van der Waals surface area contributed by atoms with E-state index in [1.54, 1.807) is 0 Å². The largest absolute Gasteiger partial charge is 0.370 e. The summed E-state index contributed by atoms with van der Waals surface area (Å²) < 4.78 is 0. The lowest BCUT2D eigenvalue weighted by molar-refractivity contribution is 0.749. The number of thioether (sulfide) groups is 1. The molecule has 5 heteroatoms. The number of H-pyrrole nitrogens is 1. The third kappa shape index (κ3) is 3.25. The van der Waals surface area contributed by atoms with Crippen LogP contribution in [0.4, 0.5) is 5.82 Å². The summed E-state index contributed by atoms with van der Waals surface area (Å²) in [5.74, 6) is 4.12. The molecule has 2 N–H and O–H groups in total. The van der Waals surface area contributed by atoms with E-state index in [9.17, 15) is 4.79 Å². The molecule has 0 saturated heterocycles. The molecule has 0 saturated carbocycles. The van der Waals surface area contributed by atoms with E-state index < -0.39 is 0 Å². The van der Waals surface area contributed by atoms with Crippen molar-refractivity contribution in [3.05, 3.63) is 21.7 Å². The zero-order valence-corrected chi connectivity index (χ0v) is 11.2. The highest BCUT2D eigenvalue weighted by Crippen LogP contribution is 2.17. The molecule has 1 aliphatic heterocycles. The number of nitrogens with one attached hydrogen (secondary N) is 2. The summed E-state index contributed by atoms with van der Waals surface area (Å²) in [6.45, 7) is 5.30. The quantitative estimate of drug-likeness (QED) is 0.862. The first-order valence-corrected chi connectivity index (χ1v) is 7.26. The molecule has 0 aromatic carbocycles. The third-order valence-electron chi connectivity index (χ3n) is 2.65. The molecule has 0 bridgehead atoms. The minimum Gasteiger partial charge on any atom is -0.370 e. The van der Waals surface area contributed by atoms with Gasteiger partial charge in [0.2, 0.25) is 0 Å². The zero-order chi connectivity index (χ0) is 12.3. The number of hydrogen-bond donors (Lipinski definition) is 2. The summed E-state index contributed by atoms with van der Waals surface area (Å²) in [5.41, 5.74) is 0.844. The second kappa shape index (κ2) is 5.58. The SMILES string of the molecule is CC(C)CSCc1nc2c(c(=O)[nH]1)CCCN2. The van der Waals surface area contributed by atoms with Gasteiger partial charge in [-0.15, -0.1) is 0 Å². The highest BCUT2D eigenvalue weighted by atomic mass is 32.2. The number of aromatic amines is 1. The average Bonchev–Trinajstić information content (AvgIpc) is 2.28. The highest BCUT2D eigenvalue weighted by Gasteiger charge is 2.14. The summed E-state index contributed by atoms with van der Waals surface area (Å²) >= 11 is 1.81. The molecule has 0 unspecified atom stereocenters. The predicted octanol–water partition coefficient (Wildman–Crippen LogP) is 2.02. The number of hydrogen-bond acceptors (Lipinski definition) is 4. The first-order chi connectivity index (χ1) is 8.16. The topological polar surface area (TPSA) is 57.8 Å². The van der Waals surface area contributed by atoms with Gasteiger partial charge in [0.25, 0.3) is 5.56 Å². The lowest BCUT2D eigenvalue weighted by Crippen LogP contribution is -2.24. The first kappa shape index (κ1) is 12.5. The van der Waals surface area contributed by atoms with Gasteiger partial charge in [0, 0.05) is 6.54 Å². The minimum absolute atomic E-state index is 0.0300. The lowest BCUT2D eigenvalue weighted by atomic mass is 10.1. The van der Waals surface area contributed by atoms with Crippen molar-refractivity contribution in [1.29, 1.82) is 0 Å². The Balaban J connectivity index is 2.09. The van der Waals surface area contributed by atoms with Crippen molar-refractivity contribution in [3.8, 4) is 0 Å². The Morgan fingerprint density at radius 3 is 3.06 bits per heavy atom. The summed E-state index contributed by atoms with van der Waals surface area (Å²) in [5, 5.41) is 3.20. The number of aromatic nitrogens is 2. The summed E-state index contributed by atoms with van der Waals surface area (Å²) in [6, 6.07) is 0. The van der Waals surface area contributed by atoms with Crippen LogP contribution in [-0.4, -0.2) is 22.3 Å². The van der Waals surface area contributed by atoms with Crippen LogP contribution in [0.3, 0.4) is 0 Å². The summed E-state index contributed by atoms with van der Waals surface area (Å²) in [7, 11) is 0. The van der Waals surface area contributed by atoms with Crippen molar-refractivity contribution in [1.82, 2.24) is 9.97 Å². The molecule has 1 aromatic rings. The van der Waals surface area contributed by atoms with Gasteiger partial charge in [-0.1, -0.05) is 13.8 Å². The van der Waals surface area contributed by atoms with E-state index in [1.165, 1.54) is 0 Å². The number of fused-ring (bicyclic) bond motifs is 1. The van der Waals surface area contributed by atoms with Gasteiger partial charge in [-0.05, 0) is 24.5 Å². The smallest absolute Gasteiger partial charge is 0.256 e. The van der Waals surface area contributed by atoms with E-state index >= 15 is 0 Å². The van der Waals surface area contributed by atoms with Crippen LogP contribution in [-0.2, 0) is 12.2 Å². The van der Waals surface area contributed by atoms with Crippen molar-refractivity contribution in [3.63, 3.8) is 0 Å². The van der Waals surface area contributed by atoms with Gasteiger partial charge in [0.15, 0.2) is 0 Å². The molecule has 0 fully saturated rings. The van der Waals surface area contributed by atoms with Crippen molar-refractivity contribution in [2.75, 3.05) is 17.6 Å². The minimum atomic E-state index is 0.0300. The van der Waals surface area contributed by atoms with Gasteiger partial charge < -0.3 is 10.3 Å². The van der Waals surface area contributed by atoms with Gasteiger partial charge >= 0.3 is 0 Å². The van der Waals surface area contributed by atoms with Gasteiger partial charge in [0.1, 0.15) is 11.6 Å². The molecule has 0 radical (unpaired) electrons. The van der Waals surface area contributed by atoms with Crippen molar-refractivity contribution in [2.24, 2.45) is 5.92 Å². The Morgan fingerprint density at radius 1 is 1.47 bits per heavy atom. The van der Waals surface area contributed by atoms with Crippen LogP contribution >= 0.6 is 11.8 Å². The maximum Gasteiger partial charge on any atom is 0.256 e. The lowest BCUT2D eigenvalue weighted by Gasteiger charge is -2.16. The molecule has 94 valence electrons. The first-order valence-electron chi connectivity index (χ1n) is 6.10. The second-order valence-electron chi connectivity index (χ2n) is 4.78. The van der Waals surface area contributed by atoms with Crippen LogP contribution in [0, 0.1) is 5.92 Å². The molecule has 0 aliphatic carbocycles. The molecule has 4 nitrogen and oxygen atoms in total. The Labute approximate surface area is 106 Å². The Morgan fingerprint density at radius 2 is 2.29 bits per heavy atom. The van der Waals surface area contributed by atoms with Crippen LogP contribution in [0.1, 0.15) is 31.7 Å². The third-order valence-corrected chi connectivity index (χ3v) is 4.03. The van der Waals surface area contributed by atoms with E-state index in [0.717, 1.165) is 48.1 Å². The summed E-state index contributed by atoms with van der Waals surface area (Å²) in [4.78, 5) is 19.2. The highest BCUT2D eigenvalue weighted by molar-refractivity contribution is 7.98. The number of nitrogens with zero attached hydrogens (tertiary/aromatic N) is 1. The predicted molar refractivity (Wildman–Crippen MR) is 72.7 cm³/mol. The molecule has 0 atom stereocenters. The molecular formula is C12H19N3OS. The monoisotopic (exact) mass is 253 g/mol. The maximum atomic E-state index is 11.8. The van der Waals surface area contributed by atoms with Gasteiger partial charge in [0.05, 0.1) is 11.3 Å². The Hall–Kier alpha value is -0.970. The number of rotatable bonds is 4. The molecule has 2 rings (SSSR count). The zero-order valence-electron chi connectivity index (χ0n) is 10.4. The fraction of sp³-hybridized carbons (Fsp3) is 0.667. The van der Waals surface area contributed by atoms with Crippen LogP contribution in [0.5, 0.6) is 0 Å². The Kier molecular flexibility index (Phi) is 4.10. The van der Waals surface area contributed by atoms with E-state index in [4.69, 9.17) is 0 Å². The normalized spacial score (nSPS) is 14.5. The van der Waals surface area contributed by atoms with E-state index in [-0.39, 0.29) is 5.56 Å². The molecule has 2 heterocycles. The standard InChI is InChI=1S/C12H19N3OS/c1-8(2)6-17-7-10-14-11-9(12(16)15-10)4-3-5-13-11/h8H,3-7H2,1-2H3,(H2,13,14,15,16). The van der Waals surface area contributed by atoms with Crippen molar-refractivity contribution >= 4 is 17.6 Å². The van der Waals surface area contributed by atoms with E-state index in [2.05, 4.69) is 29.1 Å². The van der Waals surface area contributed by atoms with Crippen molar-refractivity contribution in [2.45, 2.75) is 32.4 Å². The molecule has 1 aromatic heterocycles. The van der Waals surface area contributed by atoms with Gasteiger partial charge in [-0.3, -0.25) is 4.79 Å². The summed E-state index contributed by atoms with van der Waals surface area (Å²) in [6.07, 6.45) is 1.85. The molecular weight excluding hydrogens is 234 g/mol. The molecule has 0 spiro atoms. The molecule has 17 heavy (non-hydrogen) atoms. The maximum absolute atomic E-state index is 11.8. The van der Waals surface area contributed by atoms with Gasteiger partial charge in [-0.25, -0.2) is 4.98 Å². The fourth-order valence-corrected chi connectivity index (χ4v) is 2.77.